The summed E-state index contributed by atoms with van der Waals surface area (Å²) in [7, 11) is 0. The van der Waals surface area contributed by atoms with E-state index in [-0.39, 0.29) is 0 Å². The predicted molar refractivity (Wildman–Crippen MR) is 42.2 cm³/mol. The van der Waals surface area contributed by atoms with Crippen LogP contribution in [0.25, 0.3) is 0 Å². The highest BCUT2D eigenvalue weighted by atomic mass is 16.6. The van der Waals surface area contributed by atoms with Crippen LogP contribution in [0.4, 0.5) is 0 Å². The van der Waals surface area contributed by atoms with Gasteiger partial charge in [0.15, 0.2) is 6.29 Å². The van der Waals surface area contributed by atoms with E-state index in [2.05, 4.69) is 6.07 Å². The van der Waals surface area contributed by atoms with Crippen LogP contribution in [0.15, 0.2) is 24.3 Å². The number of para-hydroxylation sites is 1. The third kappa shape index (κ3) is 2.60. The summed E-state index contributed by atoms with van der Waals surface area (Å²) >= 11 is 0. The molecule has 1 radical (unpaired) electrons. The summed E-state index contributed by atoms with van der Waals surface area (Å²) in [5.41, 5.74) is 0. The molecule has 0 fully saturated rings. The molecule has 0 aliphatic rings. The van der Waals surface area contributed by atoms with Crippen LogP contribution < -0.4 is 4.74 Å². The molecule has 0 aliphatic heterocycles. The Balaban J connectivity index is 2.51. The maximum absolute atomic E-state index is 9.07. The lowest BCUT2D eigenvalue weighted by Crippen LogP contribution is -2.13. The largest absolute Gasteiger partial charge is 0.465 e. The normalized spacial score (nSPS) is 12.5. The number of aliphatic hydroxyl groups is 1. The van der Waals surface area contributed by atoms with Crippen LogP contribution in [0.1, 0.15) is 13.3 Å². The van der Waals surface area contributed by atoms with E-state index in [1.165, 1.54) is 0 Å². The molecule has 0 spiro atoms. The van der Waals surface area contributed by atoms with Crippen LogP contribution in [0.3, 0.4) is 0 Å². The molecular weight excluding hydrogens is 140 g/mol. The van der Waals surface area contributed by atoms with Gasteiger partial charge in [0.2, 0.25) is 0 Å². The van der Waals surface area contributed by atoms with Crippen molar-refractivity contribution in [3.8, 4) is 5.75 Å². The summed E-state index contributed by atoms with van der Waals surface area (Å²) in [6.45, 7) is 1.85. The molecule has 1 rings (SSSR count). The zero-order valence-corrected chi connectivity index (χ0v) is 6.45. The third-order valence-electron chi connectivity index (χ3n) is 1.29. The first kappa shape index (κ1) is 8.08. The molecule has 1 unspecified atom stereocenters. The Labute approximate surface area is 66.4 Å². The fraction of sp³-hybridized carbons (Fsp3) is 0.333. The molecule has 1 N–H and O–H groups in total. The molecule has 2 heteroatoms. The van der Waals surface area contributed by atoms with Gasteiger partial charge in [-0.25, -0.2) is 0 Å². The van der Waals surface area contributed by atoms with Gasteiger partial charge in [-0.3, -0.25) is 0 Å². The number of aliphatic hydroxyl groups excluding tert-OH is 1. The van der Waals surface area contributed by atoms with Gasteiger partial charge in [0.1, 0.15) is 5.75 Å². The van der Waals surface area contributed by atoms with Gasteiger partial charge in [-0.05, 0) is 6.07 Å². The molecule has 0 amide bonds. The molecule has 0 saturated heterocycles. The number of hydrogen-bond acceptors (Lipinski definition) is 2. The second kappa shape index (κ2) is 3.98. The van der Waals surface area contributed by atoms with Crippen LogP contribution >= 0.6 is 0 Å². The minimum absolute atomic E-state index is 0.585. The molecule has 0 saturated carbocycles. The molecule has 1 aromatic rings. The summed E-state index contributed by atoms with van der Waals surface area (Å²) in [6, 6.07) is 10.1. The lowest BCUT2D eigenvalue weighted by molar-refractivity contribution is -0.0193. The van der Waals surface area contributed by atoms with Crippen molar-refractivity contribution >= 4 is 0 Å². The first-order valence-corrected chi connectivity index (χ1v) is 3.64. The van der Waals surface area contributed by atoms with Gasteiger partial charge in [-0.1, -0.05) is 25.1 Å². The molecule has 11 heavy (non-hydrogen) atoms. The van der Waals surface area contributed by atoms with E-state index >= 15 is 0 Å². The first-order valence-electron chi connectivity index (χ1n) is 3.64. The van der Waals surface area contributed by atoms with Crippen LogP contribution in [-0.4, -0.2) is 11.4 Å². The van der Waals surface area contributed by atoms with E-state index in [1.807, 2.05) is 19.1 Å². The summed E-state index contributed by atoms with van der Waals surface area (Å²) < 4.78 is 5.06. The van der Waals surface area contributed by atoms with Crippen LogP contribution in [0.2, 0.25) is 0 Å². The van der Waals surface area contributed by atoms with Gasteiger partial charge >= 0.3 is 0 Å². The maximum Gasteiger partial charge on any atom is 0.197 e. The maximum atomic E-state index is 9.07. The average Bonchev–Trinajstić information content (AvgIpc) is 2.06. The fourth-order valence-electron chi connectivity index (χ4n) is 0.680. The topological polar surface area (TPSA) is 29.5 Å². The van der Waals surface area contributed by atoms with E-state index in [1.54, 1.807) is 12.1 Å². The second-order valence-corrected chi connectivity index (χ2v) is 2.21. The van der Waals surface area contributed by atoms with Crippen molar-refractivity contribution < 1.29 is 9.84 Å². The molecule has 1 aromatic carbocycles. The van der Waals surface area contributed by atoms with Gasteiger partial charge in [0, 0.05) is 12.5 Å². The quantitative estimate of drug-likeness (QED) is 0.665. The molecule has 0 aliphatic carbocycles. The second-order valence-electron chi connectivity index (χ2n) is 2.21. The average molecular weight is 151 g/mol. The SMILES string of the molecule is CCC(O)Oc1[c]cccc1. The van der Waals surface area contributed by atoms with E-state index < -0.39 is 6.29 Å². The Bertz CT molecular complexity index is 196. The molecule has 1 atom stereocenters. The lowest BCUT2D eigenvalue weighted by Gasteiger charge is -2.09. The lowest BCUT2D eigenvalue weighted by atomic mass is 10.3. The zero-order chi connectivity index (χ0) is 8.10. The van der Waals surface area contributed by atoms with Gasteiger partial charge in [0.25, 0.3) is 0 Å². The molecule has 0 bridgehead atoms. The molecular formula is C9H11O2. The van der Waals surface area contributed by atoms with Gasteiger partial charge < -0.3 is 9.84 Å². The van der Waals surface area contributed by atoms with Crippen molar-refractivity contribution in [3.63, 3.8) is 0 Å². The minimum atomic E-state index is -0.714. The highest BCUT2D eigenvalue weighted by Gasteiger charge is 2.00. The van der Waals surface area contributed by atoms with E-state index in [4.69, 9.17) is 9.84 Å². The van der Waals surface area contributed by atoms with Crippen molar-refractivity contribution in [3.05, 3.63) is 30.3 Å². The first-order chi connectivity index (χ1) is 5.33. The zero-order valence-electron chi connectivity index (χ0n) is 6.45. The van der Waals surface area contributed by atoms with Crippen molar-refractivity contribution in [2.75, 3.05) is 0 Å². The van der Waals surface area contributed by atoms with E-state index in [0.29, 0.717) is 12.2 Å². The monoisotopic (exact) mass is 151 g/mol. The van der Waals surface area contributed by atoms with Crippen LogP contribution in [0, 0.1) is 6.07 Å². The van der Waals surface area contributed by atoms with Crippen LogP contribution in [-0.2, 0) is 0 Å². The van der Waals surface area contributed by atoms with Crippen molar-refractivity contribution in [2.45, 2.75) is 19.6 Å². The number of rotatable bonds is 3. The van der Waals surface area contributed by atoms with Gasteiger partial charge in [0.05, 0.1) is 0 Å². The Morgan fingerprint density at radius 2 is 2.45 bits per heavy atom. The number of benzene rings is 1. The number of hydrogen-bond donors (Lipinski definition) is 1. The molecule has 59 valence electrons. The Kier molecular flexibility index (Phi) is 2.93. The summed E-state index contributed by atoms with van der Waals surface area (Å²) in [5.74, 6) is 0.585. The minimum Gasteiger partial charge on any atom is -0.465 e. The third-order valence-corrected chi connectivity index (χ3v) is 1.29. The fourth-order valence-corrected chi connectivity index (χ4v) is 0.680. The molecule has 2 nitrogen and oxygen atoms in total. The van der Waals surface area contributed by atoms with E-state index in [9.17, 15) is 0 Å². The predicted octanol–water partition coefficient (Wildman–Crippen LogP) is 1.59. The van der Waals surface area contributed by atoms with Crippen molar-refractivity contribution in [1.82, 2.24) is 0 Å². The highest BCUT2D eigenvalue weighted by Crippen LogP contribution is 2.09. The Morgan fingerprint density at radius 1 is 1.64 bits per heavy atom. The highest BCUT2D eigenvalue weighted by molar-refractivity contribution is 5.19. The van der Waals surface area contributed by atoms with Gasteiger partial charge in [-0.15, -0.1) is 0 Å². The van der Waals surface area contributed by atoms with E-state index in [0.717, 1.165) is 0 Å². The standard InChI is InChI=1S/C9H11O2/c1-2-9(10)11-8-6-4-3-5-7-8/h3-6,9-10H,2H2,1H3. The molecule has 0 aromatic heterocycles. The Morgan fingerprint density at radius 3 is 3.00 bits per heavy atom. The number of ether oxygens (including phenoxy) is 1. The Hall–Kier alpha value is -1.02. The summed E-state index contributed by atoms with van der Waals surface area (Å²) in [4.78, 5) is 0. The van der Waals surface area contributed by atoms with Crippen molar-refractivity contribution in [1.29, 1.82) is 0 Å². The summed E-state index contributed by atoms with van der Waals surface area (Å²) in [6.07, 6.45) is -0.128. The summed E-state index contributed by atoms with van der Waals surface area (Å²) in [5, 5.41) is 9.07. The van der Waals surface area contributed by atoms with Crippen molar-refractivity contribution in [2.24, 2.45) is 0 Å². The van der Waals surface area contributed by atoms with Crippen LogP contribution in [0.5, 0.6) is 5.75 Å². The smallest absolute Gasteiger partial charge is 0.197 e. The molecule has 0 heterocycles. The van der Waals surface area contributed by atoms with Gasteiger partial charge in [-0.2, -0.15) is 0 Å².